The third-order valence-electron chi connectivity index (χ3n) is 3.36. The van der Waals surface area contributed by atoms with E-state index in [-0.39, 0.29) is 12.5 Å². The summed E-state index contributed by atoms with van der Waals surface area (Å²) in [4.78, 5) is 16.3. The number of amides is 1. The highest BCUT2D eigenvalue weighted by Gasteiger charge is 2.18. The van der Waals surface area contributed by atoms with E-state index in [4.69, 9.17) is 0 Å². The Hall–Kier alpha value is -2.76. The van der Waals surface area contributed by atoms with Crippen LogP contribution in [0.15, 0.2) is 42.9 Å². The second kappa shape index (κ2) is 5.93. The zero-order valence-electron chi connectivity index (χ0n) is 11.6. The fourth-order valence-electron chi connectivity index (χ4n) is 2.34. The summed E-state index contributed by atoms with van der Waals surface area (Å²) >= 11 is 0. The van der Waals surface area contributed by atoms with Crippen molar-refractivity contribution in [3.05, 3.63) is 71.2 Å². The Labute approximate surface area is 125 Å². The zero-order valence-corrected chi connectivity index (χ0v) is 11.6. The number of carbonyl (C=O) groups excluding carboxylic acids is 1. The molecule has 0 bridgehead atoms. The summed E-state index contributed by atoms with van der Waals surface area (Å²) < 4.78 is 26.2. The molecule has 1 aliphatic heterocycles. The fraction of sp³-hybridized carbons (Fsp3) is 0.125. The highest BCUT2D eigenvalue weighted by atomic mass is 19.1. The molecule has 1 aromatic heterocycles. The summed E-state index contributed by atoms with van der Waals surface area (Å²) in [6.45, 7) is 0.671. The largest absolute Gasteiger partial charge is 0.386 e. The van der Waals surface area contributed by atoms with Gasteiger partial charge in [-0.05, 0) is 29.3 Å². The van der Waals surface area contributed by atoms with Crippen molar-refractivity contribution in [2.45, 2.75) is 13.1 Å². The quantitative estimate of drug-likeness (QED) is 0.913. The molecule has 6 heteroatoms. The molecule has 0 spiro atoms. The summed E-state index contributed by atoms with van der Waals surface area (Å²) in [5.74, 6) is -1.67. The first-order valence-electron chi connectivity index (χ1n) is 6.73. The molecule has 1 amide bonds. The Kier molecular flexibility index (Phi) is 3.82. The van der Waals surface area contributed by atoms with Gasteiger partial charge in [-0.25, -0.2) is 8.78 Å². The third-order valence-corrected chi connectivity index (χ3v) is 3.36. The van der Waals surface area contributed by atoms with Crippen LogP contribution in [0.1, 0.15) is 16.7 Å². The van der Waals surface area contributed by atoms with Gasteiger partial charge in [-0.1, -0.05) is 0 Å². The van der Waals surface area contributed by atoms with Crippen molar-refractivity contribution < 1.29 is 13.6 Å². The summed E-state index contributed by atoms with van der Waals surface area (Å²) in [5.41, 5.74) is 2.54. The molecule has 0 fully saturated rings. The molecule has 0 aliphatic carbocycles. The second-order valence-electron chi connectivity index (χ2n) is 4.93. The van der Waals surface area contributed by atoms with Crippen molar-refractivity contribution in [1.29, 1.82) is 0 Å². The number of fused-ring (bicyclic) bond motifs is 1. The number of nitrogens with one attached hydrogen (secondary N) is 2. The molecule has 0 unspecified atom stereocenters. The van der Waals surface area contributed by atoms with Gasteiger partial charge < -0.3 is 10.6 Å². The maximum atomic E-state index is 13.1. The average Bonchev–Trinajstić information content (AvgIpc) is 2.51. The van der Waals surface area contributed by atoms with Crippen LogP contribution in [0.25, 0.3) is 5.57 Å². The lowest BCUT2D eigenvalue weighted by Gasteiger charge is -2.18. The molecule has 0 saturated carbocycles. The third kappa shape index (κ3) is 2.95. The van der Waals surface area contributed by atoms with E-state index in [9.17, 15) is 13.6 Å². The van der Waals surface area contributed by atoms with Gasteiger partial charge in [-0.15, -0.1) is 0 Å². The van der Waals surface area contributed by atoms with Gasteiger partial charge in [0.05, 0.1) is 5.57 Å². The Balaban J connectivity index is 1.74. The van der Waals surface area contributed by atoms with Crippen LogP contribution in [-0.4, -0.2) is 10.9 Å². The molecular formula is C16H13F2N3O. The number of nitrogens with zero attached hydrogens (tertiary/aromatic N) is 1. The van der Waals surface area contributed by atoms with Gasteiger partial charge in [0.1, 0.15) is 11.6 Å². The molecule has 3 rings (SSSR count). The number of hydrogen-bond donors (Lipinski definition) is 2. The fourth-order valence-corrected chi connectivity index (χ4v) is 2.34. The second-order valence-corrected chi connectivity index (χ2v) is 4.93. The predicted molar refractivity (Wildman–Crippen MR) is 77.3 cm³/mol. The van der Waals surface area contributed by atoms with Crippen LogP contribution < -0.4 is 10.6 Å². The smallest absolute Gasteiger partial charge is 0.253 e. The van der Waals surface area contributed by atoms with E-state index in [1.165, 1.54) is 12.1 Å². The first kappa shape index (κ1) is 14.2. The van der Waals surface area contributed by atoms with Gasteiger partial charge in [0, 0.05) is 43.3 Å². The molecule has 1 aromatic carbocycles. The number of benzene rings is 1. The lowest BCUT2D eigenvalue weighted by atomic mass is 9.99. The monoisotopic (exact) mass is 301 g/mol. The molecule has 0 saturated heterocycles. The molecule has 2 heterocycles. The normalized spacial score (nSPS) is 12.9. The van der Waals surface area contributed by atoms with Crippen LogP contribution >= 0.6 is 0 Å². The number of rotatable bonds is 3. The number of hydrogen-bond acceptors (Lipinski definition) is 3. The zero-order chi connectivity index (χ0) is 15.5. The molecule has 2 N–H and O–H groups in total. The molecule has 1 aliphatic rings. The SMILES string of the molecule is O=C(NCc1cc(F)cc(F)c1)C1=CNCc2ccncc21. The van der Waals surface area contributed by atoms with E-state index < -0.39 is 11.6 Å². The maximum absolute atomic E-state index is 13.1. The average molecular weight is 301 g/mol. The summed E-state index contributed by atoms with van der Waals surface area (Å²) in [7, 11) is 0. The van der Waals surface area contributed by atoms with Crippen molar-refractivity contribution in [2.75, 3.05) is 0 Å². The standard InChI is InChI=1S/C16H13F2N3O/c17-12-3-10(4-13(18)5-12)6-21-16(22)15-9-20-7-11-1-2-19-8-14(11)15/h1-5,8-9,20H,6-7H2,(H,21,22). The molecular weight excluding hydrogens is 288 g/mol. The van der Waals surface area contributed by atoms with Crippen LogP contribution in [0.4, 0.5) is 8.78 Å². The van der Waals surface area contributed by atoms with Gasteiger partial charge in [0.2, 0.25) is 0 Å². The Morgan fingerprint density at radius 3 is 2.82 bits per heavy atom. The van der Waals surface area contributed by atoms with E-state index in [0.29, 0.717) is 17.7 Å². The Morgan fingerprint density at radius 2 is 2.05 bits per heavy atom. The van der Waals surface area contributed by atoms with E-state index >= 15 is 0 Å². The topological polar surface area (TPSA) is 54.0 Å². The highest BCUT2D eigenvalue weighted by Crippen LogP contribution is 2.21. The summed E-state index contributed by atoms with van der Waals surface area (Å²) in [6, 6.07) is 5.00. The van der Waals surface area contributed by atoms with Gasteiger partial charge in [0.15, 0.2) is 0 Å². The predicted octanol–water partition coefficient (Wildman–Crippen LogP) is 2.12. The van der Waals surface area contributed by atoms with Crippen molar-refractivity contribution in [2.24, 2.45) is 0 Å². The van der Waals surface area contributed by atoms with Crippen LogP contribution in [0, 0.1) is 11.6 Å². The van der Waals surface area contributed by atoms with Crippen molar-refractivity contribution in [3.63, 3.8) is 0 Å². The van der Waals surface area contributed by atoms with Crippen LogP contribution in [0.5, 0.6) is 0 Å². The Bertz CT molecular complexity index is 739. The Morgan fingerprint density at radius 1 is 1.27 bits per heavy atom. The molecule has 112 valence electrons. The lowest BCUT2D eigenvalue weighted by molar-refractivity contribution is -0.115. The van der Waals surface area contributed by atoms with Crippen molar-refractivity contribution in [3.8, 4) is 0 Å². The first-order chi connectivity index (χ1) is 10.6. The maximum Gasteiger partial charge on any atom is 0.253 e. The number of aromatic nitrogens is 1. The van der Waals surface area contributed by atoms with E-state index in [1.54, 1.807) is 18.6 Å². The van der Waals surface area contributed by atoms with Crippen LogP contribution in [0.2, 0.25) is 0 Å². The van der Waals surface area contributed by atoms with Crippen molar-refractivity contribution >= 4 is 11.5 Å². The summed E-state index contributed by atoms with van der Waals surface area (Å²) in [6.07, 6.45) is 4.91. The van der Waals surface area contributed by atoms with Crippen LogP contribution in [0.3, 0.4) is 0 Å². The van der Waals surface area contributed by atoms with Gasteiger partial charge >= 0.3 is 0 Å². The number of carbonyl (C=O) groups is 1. The lowest BCUT2D eigenvalue weighted by Crippen LogP contribution is -2.27. The number of pyridine rings is 1. The van der Waals surface area contributed by atoms with Gasteiger partial charge in [0.25, 0.3) is 5.91 Å². The van der Waals surface area contributed by atoms with Crippen LogP contribution in [-0.2, 0) is 17.9 Å². The highest BCUT2D eigenvalue weighted by molar-refractivity contribution is 6.19. The van der Waals surface area contributed by atoms with E-state index in [1.807, 2.05) is 6.07 Å². The summed E-state index contributed by atoms with van der Waals surface area (Å²) in [5, 5.41) is 5.67. The van der Waals surface area contributed by atoms with Crippen molar-refractivity contribution in [1.82, 2.24) is 15.6 Å². The van der Waals surface area contributed by atoms with E-state index in [2.05, 4.69) is 15.6 Å². The van der Waals surface area contributed by atoms with E-state index in [0.717, 1.165) is 17.2 Å². The molecule has 4 nitrogen and oxygen atoms in total. The molecule has 0 radical (unpaired) electrons. The number of halogens is 2. The van der Waals surface area contributed by atoms with Gasteiger partial charge in [-0.2, -0.15) is 0 Å². The minimum Gasteiger partial charge on any atom is -0.386 e. The minimum absolute atomic E-state index is 0.0421. The molecule has 2 aromatic rings. The molecule has 22 heavy (non-hydrogen) atoms. The van der Waals surface area contributed by atoms with Gasteiger partial charge in [-0.3, -0.25) is 9.78 Å². The minimum atomic E-state index is -0.669. The first-order valence-corrected chi connectivity index (χ1v) is 6.73. The molecule has 0 atom stereocenters.